The second kappa shape index (κ2) is 11.0. The van der Waals surface area contributed by atoms with Crippen LogP contribution in [0.2, 0.25) is 0 Å². The molecule has 0 saturated carbocycles. The lowest BCUT2D eigenvalue weighted by Gasteiger charge is -2.49. The number of halogens is 1. The van der Waals surface area contributed by atoms with E-state index < -0.39 is 52.3 Å². The summed E-state index contributed by atoms with van der Waals surface area (Å²) in [6.07, 6.45) is -0.134. The fourth-order valence-corrected chi connectivity index (χ4v) is 5.97. The minimum atomic E-state index is -1.61. The highest BCUT2D eigenvalue weighted by Crippen LogP contribution is 2.39. The van der Waals surface area contributed by atoms with Gasteiger partial charge in [-0.2, -0.15) is 0 Å². The van der Waals surface area contributed by atoms with Crippen molar-refractivity contribution < 1.29 is 28.4 Å². The third kappa shape index (κ3) is 5.84. The Kier molecular flexibility index (Phi) is 7.96. The standard InChI is InChI=1S/C27H27ClN2O6S/c1-27(2,3)36-26(33)29-20-23(31)30-21(19(14-15-28)16-37(34)24(20)30)25(32)35-22(17-10-6-4-7-11-17)18-12-8-5-9-13-18/h4-15,20,22,24H,16H2,1-3H3,(H,29,33). The van der Waals surface area contributed by atoms with Crippen LogP contribution in [0.4, 0.5) is 4.79 Å². The highest BCUT2D eigenvalue weighted by Gasteiger charge is 2.61. The van der Waals surface area contributed by atoms with E-state index in [-0.39, 0.29) is 11.4 Å². The monoisotopic (exact) mass is 542 g/mol. The molecule has 2 aromatic carbocycles. The van der Waals surface area contributed by atoms with Gasteiger partial charge >= 0.3 is 12.1 Å². The zero-order chi connectivity index (χ0) is 26.7. The number of nitrogens with zero attached hydrogens (tertiary/aromatic N) is 1. The number of benzene rings is 2. The lowest BCUT2D eigenvalue weighted by atomic mass is 10.0. The van der Waals surface area contributed by atoms with Gasteiger partial charge in [-0.3, -0.25) is 9.69 Å². The Balaban J connectivity index is 1.64. The molecule has 1 fully saturated rings. The molecule has 3 atom stereocenters. The maximum absolute atomic E-state index is 13.6. The SMILES string of the molecule is CC(C)(C)OC(=O)NC1C(=O)N2C(C(=O)OC(c3ccccc3)c3ccccc3)=C(C=CCl)C[S+]([O-])C12. The molecule has 0 radical (unpaired) electrons. The molecule has 10 heteroatoms. The van der Waals surface area contributed by atoms with Gasteiger partial charge in [0.05, 0.1) is 0 Å². The lowest BCUT2D eigenvalue weighted by Crippen LogP contribution is -2.74. The van der Waals surface area contributed by atoms with Crippen molar-refractivity contribution in [3.8, 4) is 0 Å². The van der Waals surface area contributed by atoms with E-state index in [1.54, 1.807) is 20.8 Å². The van der Waals surface area contributed by atoms with E-state index in [0.717, 1.165) is 16.0 Å². The van der Waals surface area contributed by atoms with Crippen molar-refractivity contribution in [1.82, 2.24) is 10.2 Å². The van der Waals surface area contributed by atoms with Crippen LogP contribution in [-0.4, -0.2) is 50.2 Å². The van der Waals surface area contributed by atoms with Crippen LogP contribution in [-0.2, 0) is 30.2 Å². The molecular formula is C27H27ClN2O6S. The minimum absolute atomic E-state index is 0.0457. The van der Waals surface area contributed by atoms with Gasteiger partial charge in [0.15, 0.2) is 12.1 Å². The number of allylic oxidation sites excluding steroid dienone is 1. The summed E-state index contributed by atoms with van der Waals surface area (Å²) >= 11 is 4.19. The molecule has 2 amide bonds. The van der Waals surface area contributed by atoms with Crippen molar-refractivity contribution in [2.24, 2.45) is 0 Å². The molecule has 2 aliphatic heterocycles. The quantitative estimate of drug-likeness (QED) is 0.334. The van der Waals surface area contributed by atoms with Crippen LogP contribution >= 0.6 is 11.6 Å². The van der Waals surface area contributed by atoms with Gasteiger partial charge in [0.25, 0.3) is 5.91 Å². The number of ether oxygens (including phenoxy) is 2. The molecule has 2 aliphatic rings. The number of carbonyl (C=O) groups excluding carboxylic acids is 3. The normalized spacial score (nSPS) is 21.5. The number of nitrogens with one attached hydrogen (secondary N) is 1. The molecular weight excluding hydrogens is 516 g/mol. The van der Waals surface area contributed by atoms with E-state index in [4.69, 9.17) is 21.1 Å². The van der Waals surface area contributed by atoms with Gasteiger partial charge in [0.2, 0.25) is 5.37 Å². The summed E-state index contributed by atoms with van der Waals surface area (Å²) in [5.74, 6) is -1.41. The molecule has 0 aromatic heterocycles. The summed E-state index contributed by atoms with van der Waals surface area (Å²) in [7, 11) is 0. The molecule has 2 aromatic rings. The van der Waals surface area contributed by atoms with Crippen LogP contribution in [0.5, 0.6) is 0 Å². The van der Waals surface area contributed by atoms with E-state index in [9.17, 15) is 18.9 Å². The van der Waals surface area contributed by atoms with Crippen LogP contribution in [0.25, 0.3) is 0 Å². The molecule has 4 rings (SSSR count). The third-order valence-corrected chi connectivity index (χ3v) is 7.46. The topological polar surface area (TPSA) is 108 Å². The summed E-state index contributed by atoms with van der Waals surface area (Å²) in [4.78, 5) is 40.2. The summed E-state index contributed by atoms with van der Waals surface area (Å²) < 4.78 is 24.3. The van der Waals surface area contributed by atoms with E-state index >= 15 is 0 Å². The number of amides is 2. The Morgan fingerprint density at radius 2 is 1.68 bits per heavy atom. The first-order valence-electron chi connectivity index (χ1n) is 11.6. The highest BCUT2D eigenvalue weighted by atomic mass is 35.5. The zero-order valence-corrected chi connectivity index (χ0v) is 22.1. The van der Waals surface area contributed by atoms with Crippen molar-refractivity contribution in [3.63, 3.8) is 0 Å². The van der Waals surface area contributed by atoms with Gasteiger partial charge in [0, 0.05) is 11.1 Å². The predicted octanol–water partition coefficient (Wildman–Crippen LogP) is 4.15. The average molecular weight is 543 g/mol. The smallest absolute Gasteiger partial charge is 0.408 e. The van der Waals surface area contributed by atoms with Crippen LogP contribution < -0.4 is 5.32 Å². The fraction of sp³-hybridized carbons (Fsp3) is 0.296. The van der Waals surface area contributed by atoms with Crippen LogP contribution in [0, 0.1) is 0 Å². The minimum Gasteiger partial charge on any atom is -0.614 e. The summed E-state index contributed by atoms with van der Waals surface area (Å²) in [5.41, 5.74) is 2.15. The van der Waals surface area contributed by atoms with Crippen LogP contribution in [0.3, 0.4) is 0 Å². The van der Waals surface area contributed by atoms with Gasteiger partial charge in [-0.25, -0.2) is 9.59 Å². The second-order valence-electron chi connectivity index (χ2n) is 9.52. The van der Waals surface area contributed by atoms with Gasteiger partial charge in [-0.1, -0.05) is 72.3 Å². The Hall–Kier alpha value is -3.27. The molecule has 8 nitrogen and oxygen atoms in total. The number of hydrogen-bond acceptors (Lipinski definition) is 6. The van der Waals surface area contributed by atoms with Crippen LogP contribution in [0.1, 0.15) is 38.0 Å². The maximum atomic E-state index is 13.6. The van der Waals surface area contributed by atoms with Crippen molar-refractivity contribution in [2.45, 2.75) is 43.9 Å². The maximum Gasteiger partial charge on any atom is 0.408 e. The molecule has 2 heterocycles. The zero-order valence-electron chi connectivity index (χ0n) is 20.6. The van der Waals surface area contributed by atoms with E-state index in [2.05, 4.69) is 5.32 Å². The molecule has 1 saturated heterocycles. The molecule has 1 N–H and O–H groups in total. The Bertz CT molecular complexity index is 1190. The molecule has 37 heavy (non-hydrogen) atoms. The number of rotatable bonds is 6. The highest BCUT2D eigenvalue weighted by molar-refractivity contribution is 7.92. The van der Waals surface area contributed by atoms with Gasteiger partial charge in [-0.15, -0.1) is 0 Å². The first-order valence-corrected chi connectivity index (χ1v) is 13.4. The van der Waals surface area contributed by atoms with E-state index in [1.807, 2.05) is 60.7 Å². The fourth-order valence-electron chi connectivity index (χ4n) is 4.18. The van der Waals surface area contributed by atoms with Gasteiger partial charge in [-0.05, 0) is 49.1 Å². The second-order valence-corrected chi connectivity index (χ2v) is 11.3. The van der Waals surface area contributed by atoms with E-state index in [0.29, 0.717) is 5.57 Å². The van der Waals surface area contributed by atoms with Crippen molar-refractivity contribution in [2.75, 3.05) is 5.75 Å². The van der Waals surface area contributed by atoms with Gasteiger partial charge in [0.1, 0.15) is 17.1 Å². The number of esters is 1. The predicted molar refractivity (Wildman–Crippen MR) is 140 cm³/mol. The Labute approximate surface area is 223 Å². The largest absolute Gasteiger partial charge is 0.614 e. The number of hydrogen-bond donors (Lipinski definition) is 1. The number of fused-ring (bicyclic) bond motifs is 1. The van der Waals surface area contributed by atoms with E-state index in [1.165, 1.54) is 11.6 Å². The average Bonchev–Trinajstić information content (AvgIpc) is 2.85. The summed E-state index contributed by atoms with van der Waals surface area (Å²) in [6, 6.07) is 17.3. The first kappa shape index (κ1) is 26.8. The first-order chi connectivity index (χ1) is 17.6. The van der Waals surface area contributed by atoms with Crippen molar-refractivity contribution in [3.05, 3.63) is 94.7 Å². The Morgan fingerprint density at radius 1 is 1.11 bits per heavy atom. The number of β-lactam (4-membered cyclic amide) rings is 1. The molecule has 194 valence electrons. The molecule has 0 spiro atoms. The van der Waals surface area contributed by atoms with Crippen LogP contribution in [0.15, 0.2) is 83.5 Å². The summed E-state index contributed by atoms with van der Waals surface area (Å²) in [6.45, 7) is 5.08. The lowest BCUT2D eigenvalue weighted by molar-refractivity contribution is -0.154. The molecule has 3 unspecified atom stereocenters. The Morgan fingerprint density at radius 3 is 2.19 bits per heavy atom. The van der Waals surface area contributed by atoms with Crippen molar-refractivity contribution in [1.29, 1.82) is 0 Å². The number of alkyl carbamates (subject to hydrolysis) is 1. The molecule has 0 aliphatic carbocycles. The van der Waals surface area contributed by atoms with Gasteiger partial charge < -0.3 is 19.3 Å². The third-order valence-electron chi connectivity index (χ3n) is 5.71. The number of carbonyl (C=O) groups is 3. The summed E-state index contributed by atoms with van der Waals surface area (Å²) in [5, 5.41) is 1.54. The molecule has 0 bridgehead atoms. The van der Waals surface area contributed by atoms with Crippen molar-refractivity contribution >= 4 is 40.7 Å².